The molecule has 2 N–H and O–H groups in total. The van der Waals surface area contributed by atoms with E-state index in [9.17, 15) is 4.79 Å². The molecule has 1 aromatic carbocycles. The normalized spacial score (nSPS) is 13.4. The summed E-state index contributed by atoms with van der Waals surface area (Å²) in [5, 5.41) is 8.63. The quantitative estimate of drug-likeness (QED) is 0.851. The Labute approximate surface area is 114 Å². The molecule has 0 saturated heterocycles. The van der Waals surface area contributed by atoms with Crippen LogP contribution in [-0.2, 0) is 4.79 Å². The minimum absolute atomic E-state index is 0.0362. The van der Waals surface area contributed by atoms with Crippen molar-refractivity contribution < 1.29 is 4.79 Å². The van der Waals surface area contributed by atoms with Gasteiger partial charge < -0.3 is 10.6 Å². The molecule has 0 fully saturated rings. The van der Waals surface area contributed by atoms with Crippen molar-refractivity contribution >= 4 is 5.91 Å². The van der Waals surface area contributed by atoms with Crippen molar-refractivity contribution in [3.8, 4) is 6.07 Å². The van der Waals surface area contributed by atoms with Crippen molar-refractivity contribution in [3.05, 3.63) is 35.9 Å². The van der Waals surface area contributed by atoms with Crippen LogP contribution in [0.4, 0.5) is 0 Å². The summed E-state index contributed by atoms with van der Waals surface area (Å²) in [6.07, 6.45) is 1.38. The van der Waals surface area contributed by atoms with Gasteiger partial charge in [0.2, 0.25) is 5.91 Å². The fourth-order valence-electron chi connectivity index (χ4n) is 1.84. The minimum atomic E-state index is -0.121. The molecule has 0 aromatic heterocycles. The highest BCUT2D eigenvalue weighted by Gasteiger charge is 2.16. The lowest BCUT2D eigenvalue weighted by atomic mass is 10.0. The van der Waals surface area contributed by atoms with Gasteiger partial charge in [0.25, 0.3) is 0 Å². The van der Waals surface area contributed by atoms with Gasteiger partial charge in [0.15, 0.2) is 0 Å². The van der Waals surface area contributed by atoms with E-state index in [-0.39, 0.29) is 18.0 Å². The van der Waals surface area contributed by atoms with E-state index in [0.717, 1.165) is 5.56 Å². The van der Waals surface area contributed by atoms with Gasteiger partial charge in [-0.05, 0) is 18.9 Å². The Bertz CT molecular complexity index is 438. The molecule has 0 aliphatic carbocycles. The minimum Gasteiger partial charge on any atom is -0.342 e. The lowest BCUT2D eigenvalue weighted by Gasteiger charge is -2.23. The van der Waals surface area contributed by atoms with Gasteiger partial charge in [-0.2, -0.15) is 5.26 Å². The lowest BCUT2D eigenvalue weighted by Crippen LogP contribution is -2.35. The molecule has 4 nitrogen and oxygen atoms in total. The number of nitrogens with zero attached hydrogens (tertiary/aromatic N) is 2. The van der Waals surface area contributed by atoms with Crippen molar-refractivity contribution in [1.82, 2.24) is 4.90 Å². The summed E-state index contributed by atoms with van der Waals surface area (Å²) in [6, 6.07) is 11.7. The molecule has 0 saturated carbocycles. The first-order valence-electron chi connectivity index (χ1n) is 6.49. The smallest absolute Gasteiger partial charge is 0.222 e. The van der Waals surface area contributed by atoms with Gasteiger partial charge in [-0.3, -0.25) is 4.79 Å². The van der Waals surface area contributed by atoms with Gasteiger partial charge in [-0.25, -0.2) is 0 Å². The van der Waals surface area contributed by atoms with E-state index in [1.165, 1.54) is 0 Å². The van der Waals surface area contributed by atoms with E-state index < -0.39 is 0 Å². The Morgan fingerprint density at radius 2 is 2.05 bits per heavy atom. The number of nitrogens with two attached hydrogens (primary N) is 1. The van der Waals surface area contributed by atoms with Gasteiger partial charge in [0.1, 0.15) is 0 Å². The number of carbonyl (C=O) groups is 1. The molecule has 4 heteroatoms. The fraction of sp³-hybridized carbons (Fsp3) is 0.467. The molecule has 1 rings (SSSR count). The number of benzene rings is 1. The van der Waals surface area contributed by atoms with Gasteiger partial charge >= 0.3 is 0 Å². The van der Waals surface area contributed by atoms with Crippen LogP contribution in [0.2, 0.25) is 0 Å². The van der Waals surface area contributed by atoms with Crippen LogP contribution in [0.5, 0.6) is 0 Å². The van der Waals surface area contributed by atoms with Crippen LogP contribution in [0.3, 0.4) is 0 Å². The van der Waals surface area contributed by atoms with E-state index in [4.69, 9.17) is 11.0 Å². The molecule has 1 aromatic rings. The molecule has 2 atom stereocenters. The van der Waals surface area contributed by atoms with E-state index >= 15 is 0 Å². The van der Waals surface area contributed by atoms with Crippen molar-refractivity contribution in [2.24, 2.45) is 5.73 Å². The lowest BCUT2D eigenvalue weighted by molar-refractivity contribution is -0.131. The average molecular weight is 259 g/mol. The zero-order valence-corrected chi connectivity index (χ0v) is 11.5. The molecular weight excluding hydrogens is 238 g/mol. The average Bonchev–Trinajstić information content (AvgIpc) is 2.44. The van der Waals surface area contributed by atoms with Crippen LogP contribution >= 0.6 is 0 Å². The maximum atomic E-state index is 12.0. The fourth-order valence-corrected chi connectivity index (χ4v) is 1.84. The Morgan fingerprint density at radius 1 is 1.42 bits per heavy atom. The SMILES string of the molecule is CC(CC#N)N(C)C(=O)CCC(N)c1ccccc1. The summed E-state index contributed by atoms with van der Waals surface area (Å²) in [6.45, 7) is 1.87. The van der Waals surface area contributed by atoms with Gasteiger partial charge in [0, 0.05) is 25.6 Å². The first-order valence-corrected chi connectivity index (χ1v) is 6.49. The first kappa shape index (κ1) is 15.2. The summed E-state index contributed by atoms with van der Waals surface area (Å²) in [7, 11) is 1.73. The predicted octanol–water partition coefficient (Wildman–Crippen LogP) is 2.23. The third kappa shape index (κ3) is 4.72. The highest BCUT2D eigenvalue weighted by molar-refractivity contribution is 5.76. The van der Waals surface area contributed by atoms with Crippen LogP contribution in [0.25, 0.3) is 0 Å². The summed E-state index contributed by atoms with van der Waals surface area (Å²) in [5.74, 6) is 0.0362. The van der Waals surface area contributed by atoms with Crippen LogP contribution < -0.4 is 5.73 Å². The number of carbonyl (C=O) groups excluding carboxylic acids is 1. The Kier molecular flexibility index (Phi) is 6.04. The van der Waals surface area contributed by atoms with Crippen LogP contribution in [0.15, 0.2) is 30.3 Å². The molecule has 1 amide bonds. The van der Waals surface area contributed by atoms with Gasteiger partial charge in [0.05, 0.1) is 12.5 Å². The molecule has 0 bridgehead atoms. The summed E-state index contributed by atoms with van der Waals surface area (Å²) in [5.41, 5.74) is 7.10. The topological polar surface area (TPSA) is 70.1 Å². The maximum Gasteiger partial charge on any atom is 0.222 e. The summed E-state index contributed by atoms with van der Waals surface area (Å²) in [4.78, 5) is 13.6. The first-order chi connectivity index (χ1) is 9.06. The molecule has 0 spiro atoms. The van der Waals surface area contributed by atoms with Gasteiger partial charge in [-0.1, -0.05) is 30.3 Å². The number of rotatable bonds is 6. The zero-order valence-electron chi connectivity index (χ0n) is 11.5. The maximum absolute atomic E-state index is 12.0. The molecule has 2 unspecified atom stereocenters. The summed E-state index contributed by atoms with van der Waals surface area (Å²) < 4.78 is 0. The molecule has 0 heterocycles. The molecule has 0 radical (unpaired) electrons. The molecular formula is C15H21N3O. The van der Waals surface area contributed by atoms with Crippen molar-refractivity contribution in [1.29, 1.82) is 5.26 Å². The summed E-state index contributed by atoms with van der Waals surface area (Å²) >= 11 is 0. The Morgan fingerprint density at radius 3 is 2.63 bits per heavy atom. The number of hydrogen-bond acceptors (Lipinski definition) is 3. The molecule has 19 heavy (non-hydrogen) atoms. The van der Waals surface area contributed by atoms with E-state index in [0.29, 0.717) is 19.3 Å². The van der Waals surface area contributed by atoms with E-state index in [1.54, 1.807) is 11.9 Å². The highest BCUT2D eigenvalue weighted by Crippen LogP contribution is 2.16. The molecule has 102 valence electrons. The Hall–Kier alpha value is -1.86. The van der Waals surface area contributed by atoms with Crippen molar-refractivity contribution in [3.63, 3.8) is 0 Å². The number of amides is 1. The van der Waals surface area contributed by atoms with Crippen molar-refractivity contribution in [2.45, 2.75) is 38.3 Å². The third-order valence-electron chi connectivity index (χ3n) is 3.34. The largest absolute Gasteiger partial charge is 0.342 e. The Balaban J connectivity index is 2.44. The molecule has 0 aliphatic heterocycles. The second-order valence-corrected chi connectivity index (χ2v) is 4.77. The second-order valence-electron chi connectivity index (χ2n) is 4.77. The van der Waals surface area contributed by atoms with Crippen LogP contribution in [-0.4, -0.2) is 23.9 Å². The predicted molar refractivity (Wildman–Crippen MR) is 75.1 cm³/mol. The number of hydrogen-bond donors (Lipinski definition) is 1. The zero-order chi connectivity index (χ0) is 14.3. The highest BCUT2D eigenvalue weighted by atomic mass is 16.2. The second kappa shape index (κ2) is 7.55. The third-order valence-corrected chi connectivity index (χ3v) is 3.34. The van der Waals surface area contributed by atoms with E-state index in [2.05, 4.69) is 6.07 Å². The number of nitriles is 1. The van der Waals surface area contributed by atoms with Gasteiger partial charge in [-0.15, -0.1) is 0 Å². The van der Waals surface area contributed by atoms with E-state index in [1.807, 2.05) is 37.3 Å². The van der Waals surface area contributed by atoms with Crippen LogP contribution in [0, 0.1) is 11.3 Å². The standard InChI is InChI=1S/C15H21N3O/c1-12(10-11-16)18(2)15(19)9-8-14(17)13-6-4-3-5-7-13/h3-7,12,14H,8-10,17H2,1-2H3. The van der Waals surface area contributed by atoms with Crippen LogP contribution in [0.1, 0.15) is 37.8 Å². The molecule has 0 aliphatic rings. The monoisotopic (exact) mass is 259 g/mol. The van der Waals surface area contributed by atoms with Crippen molar-refractivity contribution in [2.75, 3.05) is 7.05 Å².